The number of aliphatic hydroxyl groups excluding tert-OH is 2. The van der Waals surface area contributed by atoms with Gasteiger partial charge in [-0.2, -0.15) is 0 Å². The Balaban J connectivity index is -0.000000259. The van der Waals surface area contributed by atoms with E-state index in [9.17, 15) is 10.2 Å². The van der Waals surface area contributed by atoms with Crippen LogP contribution in [0, 0.1) is 20.5 Å². The van der Waals surface area contributed by atoms with Crippen LogP contribution in [0.15, 0.2) is 48.5 Å². The molecule has 0 aromatic heterocycles. The molecule has 0 saturated heterocycles. The largest absolute Gasteiger partial charge is 2.00 e. The monoisotopic (exact) mass is 978 g/mol. The number of carbonyl (C=O) groups excluding carboxylic acids is 2. The number of aliphatic hydroxyl groups is 2. The van der Waals surface area contributed by atoms with Gasteiger partial charge in [0.15, 0.2) is 0 Å². The summed E-state index contributed by atoms with van der Waals surface area (Å²) in [6, 6.07) is 17.6. The minimum atomic E-state index is -4.94. The molecule has 0 aliphatic carbocycles. The van der Waals surface area contributed by atoms with Crippen molar-refractivity contribution in [1.29, 1.82) is 0 Å². The number of carboxylic acids is 2. The molecule has 0 amide bonds. The second-order valence-corrected chi connectivity index (χ2v) is 12.7. The number of nitrogens with one attached hydrogen (secondary N) is 4. The number of aliphatic carboxylic acids is 2. The molecular formula is C32H56Cl2N6O16Zn2. The van der Waals surface area contributed by atoms with Crippen LogP contribution in [-0.4, -0.2) is 122 Å². The first-order valence-corrected chi connectivity index (χ1v) is 18.9. The molecule has 4 aliphatic rings. The van der Waals surface area contributed by atoms with Crippen molar-refractivity contribution in [3.05, 3.63) is 70.8 Å². The van der Waals surface area contributed by atoms with Gasteiger partial charge in [-0.15, -0.1) is 20.5 Å². The van der Waals surface area contributed by atoms with E-state index in [1.54, 1.807) is 0 Å². The Labute approximate surface area is 368 Å². The number of halogens is 2. The molecule has 328 valence electrons. The predicted molar refractivity (Wildman–Crippen MR) is 175 cm³/mol. The summed E-state index contributed by atoms with van der Waals surface area (Å²) in [5.74, 6) is -2.17. The summed E-state index contributed by atoms with van der Waals surface area (Å²) in [5, 5.41) is 50.8. The van der Waals surface area contributed by atoms with Gasteiger partial charge in [0, 0.05) is 104 Å². The predicted octanol–water partition coefficient (Wildman–Crippen LogP) is -13.3. The average Bonchev–Trinajstić information content (AvgIpc) is 3.04. The quantitative estimate of drug-likeness (QED) is 0.155. The molecule has 0 unspecified atom stereocenters. The number of carboxylic acid groups (broad SMARTS) is 2. The van der Waals surface area contributed by atoms with Crippen LogP contribution in [0.3, 0.4) is 0 Å². The van der Waals surface area contributed by atoms with E-state index in [0.717, 1.165) is 92.4 Å². The molecule has 0 spiro atoms. The number of benzene rings is 2. The SMILES string of the molecule is CC(=O)[O-].CC(=O)[O-].O.O.OCCN1CCNCc2ccc(cc2)CNCCN(CCO)CCNCc2ccc(cc2)CNCC1.[O-][Cl+3]([O-])([O-])[O-].[O-][Cl+3]([O-])([O-])[O-].[Zn+2].[Zn+2]. The van der Waals surface area contributed by atoms with Crippen LogP contribution in [0.1, 0.15) is 36.1 Å². The van der Waals surface area contributed by atoms with E-state index in [4.69, 9.17) is 57.1 Å². The van der Waals surface area contributed by atoms with E-state index >= 15 is 0 Å². The van der Waals surface area contributed by atoms with Crippen molar-refractivity contribution in [3.8, 4) is 0 Å². The summed E-state index contributed by atoms with van der Waals surface area (Å²) in [7, 11) is -9.89. The second-order valence-electron chi connectivity index (χ2n) is 11.2. The molecule has 4 bridgehead atoms. The number of hydrogen-bond donors (Lipinski definition) is 6. The van der Waals surface area contributed by atoms with Crippen molar-refractivity contribution in [2.75, 3.05) is 78.7 Å². The van der Waals surface area contributed by atoms with Gasteiger partial charge in [0.2, 0.25) is 0 Å². The van der Waals surface area contributed by atoms with Crippen molar-refractivity contribution in [1.82, 2.24) is 31.1 Å². The van der Waals surface area contributed by atoms with Gasteiger partial charge in [-0.25, -0.2) is 37.3 Å². The zero-order valence-electron chi connectivity index (χ0n) is 32.8. The van der Waals surface area contributed by atoms with Crippen molar-refractivity contribution < 1.29 is 138 Å². The molecule has 2 aromatic rings. The molecule has 58 heavy (non-hydrogen) atoms. The number of hydrogen-bond acceptors (Lipinski definition) is 20. The third-order valence-corrected chi connectivity index (χ3v) is 6.61. The fraction of sp³-hybridized carbons (Fsp3) is 0.562. The van der Waals surface area contributed by atoms with Gasteiger partial charge < -0.3 is 62.2 Å². The van der Waals surface area contributed by atoms with E-state index in [2.05, 4.69) is 79.6 Å². The van der Waals surface area contributed by atoms with E-state index < -0.39 is 32.4 Å². The molecule has 0 saturated carbocycles. The molecule has 0 radical (unpaired) electrons. The van der Waals surface area contributed by atoms with E-state index in [1.807, 2.05) is 0 Å². The van der Waals surface area contributed by atoms with Gasteiger partial charge in [-0.3, -0.25) is 9.80 Å². The summed E-state index contributed by atoms with van der Waals surface area (Å²) in [6.45, 7) is 14.3. The molecule has 4 aliphatic heterocycles. The topological polar surface area (TPSA) is 423 Å². The first kappa shape index (κ1) is 68.2. The molecule has 2 aromatic carbocycles. The summed E-state index contributed by atoms with van der Waals surface area (Å²) in [6.07, 6.45) is 0. The van der Waals surface area contributed by atoms with Crippen LogP contribution in [0.4, 0.5) is 0 Å². The Kier molecular flexibility index (Phi) is 49.6. The Morgan fingerprint density at radius 2 is 0.672 bits per heavy atom. The zero-order chi connectivity index (χ0) is 41.4. The van der Waals surface area contributed by atoms with Crippen LogP contribution in [0.25, 0.3) is 0 Å². The average molecular weight is 983 g/mol. The van der Waals surface area contributed by atoms with Gasteiger partial charge in [0.05, 0.1) is 13.2 Å². The third kappa shape index (κ3) is 56.6. The van der Waals surface area contributed by atoms with Crippen molar-refractivity contribution in [3.63, 3.8) is 0 Å². The molecule has 0 fully saturated rings. The fourth-order valence-electron chi connectivity index (χ4n) is 4.38. The maximum Gasteiger partial charge on any atom is 2.00 e. The Morgan fingerprint density at radius 3 is 0.810 bits per heavy atom. The van der Waals surface area contributed by atoms with Crippen LogP contribution in [0.5, 0.6) is 0 Å². The standard InChI is InChI=1S/C28H46N6O2.2C2H4O2.2ClHO4.2H2O.2Zn/c35-19-17-33-13-9-29-21-25-1-2-26(4-3-25)22-30-10-14-34(18-20-36)16-12-32-24-28-7-5-27(6-8-28)23-31-11-15-33;2*1-2(3)4;2*2-1(3,4)5;;;;/h1-8,29-32,35-36H,9-24H2;2*1H3,(H,3,4);2*(H,2,3,4,5);2*1H2;;/q;;;;;;;2*+2/p-4. The number of nitrogens with zero attached hydrogens (tertiary/aromatic N) is 2. The Morgan fingerprint density at radius 1 is 0.517 bits per heavy atom. The summed E-state index contributed by atoms with van der Waals surface area (Å²) in [5.41, 5.74) is 5.12. The van der Waals surface area contributed by atoms with Crippen LogP contribution in [-0.2, 0) is 74.7 Å². The first-order chi connectivity index (χ1) is 25.2. The molecule has 6 rings (SSSR count). The maximum absolute atomic E-state index is 9.43. The van der Waals surface area contributed by atoms with Crippen molar-refractivity contribution in [2.45, 2.75) is 40.0 Å². The number of rotatable bonds is 4. The van der Waals surface area contributed by atoms with Crippen LogP contribution >= 0.6 is 0 Å². The van der Waals surface area contributed by atoms with Crippen molar-refractivity contribution in [2.24, 2.45) is 0 Å². The summed E-state index contributed by atoms with van der Waals surface area (Å²) >= 11 is 0. The summed E-state index contributed by atoms with van der Waals surface area (Å²) in [4.78, 5) is 22.4. The van der Waals surface area contributed by atoms with Crippen LogP contribution in [0.2, 0.25) is 0 Å². The minimum absolute atomic E-state index is 0. The van der Waals surface area contributed by atoms with Gasteiger partial charge in [-0.1, -0.05) is 48.5 Å². The van der Waals surface area contributed by atoms with Gasteiger partial charge >= 0.3 is 39.0 Å². The van der Waals surface area contributed by atoms with Crippen molar-refractivity contribution >= 4 is 11.9 Å². The Hall–Kier alpha value is -1.51. The molecule has 10 N–H and O–H groups in total. The molecular weight excluding hydrogens is 926 g/mol. The van der Waals surface area contributed by atoms with E-state index in [0.29, 0.717) is 13.1 Å². The molecule has 22 nitrogen and oxygen atoms in total. The maximum atomic E-state index is 9.43. The van der Waals surface area contributed by atoms with Crippen LogP contribution < -0.4 is 68.8 Å². The zero-order valence-corrected chi connectivity index (χ0v) is 40.2. The van der Waals surface area contributed by atoms with Gasteiger partial charge in [0.1, 0.15) is 0 Å². The summed E-state index contributed by atoms with van der Waals surface area (Å²) < 4.78 is 67.9. The minimum Gasteiger partial charge on any atom is -0.550 e. The van der Waals surface area contributed by atoms with Gasteiger partial charge in [-0.05, 0) is 36.1 Å². The molecule has 4 heterocycles. The number of carbonyl (C=O) groups is 2. The molecule has 26 heteroatoms. The Bertz CT molecular complexity index is 1050. The van der Waals surface area contributed by atoms with E-state index in [1.165, 1.54) is 22.3 Å². The second kappa shape index (κ2) is 42.2. The fourth-order valence-corrected chi connectivity index (χ4v) is 4.38. The normalized spacial score (nSPS) is 14.7. The first-order valence-electron chi connectivity index (χ1n) is 16.5. The third-order valence-electron chi connectivity index (χ3n) is 6.61. The smallest absolute Gasteiger partial charge is 0.550 e. The van der Waals surface area contributed by atoms with E-state index in [-0.39, 0.29) is 63.1 Å². The molecule has 0 atom stereocenters. The van der Waals surface area contributed by atoms with Gasteiger partial charge in [0.25, 0.3) is 0 Å².